The summed E-state index contributed by atoms with van der Waals surface area (Å²) in [6.07, 6.45) is -3.55. The lowest BCUT2D eigenvalue weighted by Crippen LogP contribution is -2.27. The number of ether oxygens (including phenoxy) is 1. The SMILES string of the molecule is COc1ccccc1C1CC(=O)C2=C(C1)Nc1ccccc1NC2c1ccc(C(F)(F)F)cc1. The lowest BCUT2D eigenvalue weighted by Gasteiger charge is -2.30. The number of ketones is 1. The minimum atomic E-state index is -4.42. The lowest BCUT2D eigenvalue weighted by molar-refractivity contribution is -0.137. The number of hydrogen-bond acceptors (Lipinski definition) is 4. The van der Waals surface area contributed by atoms with Gasteiger partial charge in [0.25, 0.3) is 0 Å². The summed E-state index contributed by atoms with van der Waals surface area (Å²) >= 11 is 0. The Labute approximate surface area is 195 Å². The van der Waals surface area contributed by atoms with Crippen LogP contribution in [0.4, 0.5) is 24.5 Å². The summed E-state index contributed by atoms with van der Waals surface area (Å²) in [6, 6.07) is 19.7. The van der Waals surface area contributed by atoms with E-state index in [2.05, 4.69) is 10.6 Å². The average Bonchev–Trinajstić information content (AvgIpc) is 3.00. The van der Waals surface area contributed by atoms with Crippen molar-refractivity contribution < 1.29 is 22.7 Å². The first kappa shape index (κ1) is 22.1. The number of halogens is 3. The van der Waals surface area contributed by atoms with E-state index in [0.29, 0.717) is 17.6 Å². The van der Waals surface area contributed by atoms with Crippen LogP contribution in [0, 0.1) is 0 Å². The molecule has 2 atom stereocenters. The van der Waals surface area contributed by atoms with E-state index in [-0.39, 0.29) is 18.1 Å². The summed E-state index contributed by atoms with van der Waals surface area (Å²) in [4.78, 5) is 13.6. The Balaban J connectivity index is 1.59. The number of Topliss-reactive ketones (excluding diaryl/α,β-unsaturated/α-hetero) is 1. The molecule has 5 rings (SSSR count). The van der Waals surface area contributed by atoms with E-state index in [9.17, 15) is 18.0 Å². The zero-order valence-electron chi connectivity index (χ0n) is 18.4. The van der Waals surface area contributed by atoms with Gasteiger partial charge in [-0.25, -0.2) is 0 Å². The molecule has 2 unspecified atom stereocenters. The fraction of sp³-hybridized carbons (Fsp3) is 0.222. The fourth-order valence-electron chi connectivity index (χ4n) is 4.83. The van der Waals surface area contributed by atoms with Gasteiger partial charge in [-0.1, -0.05) is 42.5 Å². The highest BCUT2D eigenvalue weighted by molar-refractivity contribution is 6.01. The normalized spacial score (nSPS) is 19.9. The number of anilines is 2. The van der Waals surface area contributed by atoms with Gasteiger partial charge < -0.3 is 15.4 Å². The van der Waals surface area contributed by atoms with Crippen molar-refractivity contribution in [3.05, 3.63) is 101 Å². The molecule has 2 aliphatic rings. The summed E-state index contributed by atoms with van der Waals surface area (Å²) in [5.41, 5.74) is 3.77. The summed E-state index contributed by atoms with van der Waals surface area (Å²) in [7, 11) is 1.61. The molecule has 0 saturated carbocycles. The smallest absolute Gasteiger partial charge is 0.416 e. The molecular weight excluding hydrogens is 441 g/mol. The molecule has 0 aromatic heterocycles. The van der Waals surface area contributed by atoms with E-state index < -0.39 is 17.8 Å². The van der Waals surface area contributed by atoms with Gasteiger partial charge in [0.2, 0.25) is 0 Å². The quantitative estimate of drug-likeness (QED) is 0.453. The highest BCUT2D eigenvalue weighted by Gasteiger charge is 2.37. The van der Waals surface area contributed by atoms with E-state index in [0.717, 1.165) is 40.5 Å². The number of benzene rings is 3. The largest absolute Gasteiger partial charge is 0.496 e. The van der Waals surface area contributed by atoms with Crippen LogP contribution in [-0.2, 0) is 11.0 Å². The summed E-state index contributed by atoms with van der Waals surface area (Å²) in [6.45, 7) is 0. The molecule has 0 radical (unpaired) electrons. The first-order valence-electron chi connectivity index (χ1n) is 11.0. The van der Waals surface area contributed by atoms with Gasteiger partial charge >= 0.3 is 6.18 Å². The van der Waals surface area contributed by atoms with Crippen LogP contribution in [0.25, 0.3) is 0 Å². The van der Waals surface area contributed by atoms with Gasteiger partial charge in [0.05, 0.1) is 30.1 Å². The molecule has 3 aromatic carbocycles. The molecule has 0 fully saturated rings. The molecule has 1 aliphatic heterocycles. The van der Waals surface area contributed by atoms with Gasteiger partial charge in [-0.3, -0.25) is 4.79 Å². The van der Waals surface area contributed by atoms with Crippen LogP contribution >= 0.6 is 0 Å². The number of para-hydroxylation sites is 3. The molecule has 2 N–H and O–H groups in total. The minimum absolute atomic E-state index is 0.0464. The third kappa shape index (κ3) is 4.02. The Hall–Kier alpha value is -3.74. The maximum Gasteiger partial charge on any atom is 0.416 e. The maximum atomic E-state index is 13.6. The van der Waals surface area contributed by atoms with Gasteiger partial charge in [-0.15, -0.1) is 0 Å². The van der Waals surface area contributed by atoms with Gasteiger partial charge in [0, 0.05) is 23.6 Å². The van der Waals surface area contributed by atoms with Crippen LogP contribution in [0.5, 0.6) is 5.75 Å². The number of allylic oxidation sites excluding steroid dienone is 1. The van der Waals surface area contributed by atoms with Crippen LogP contribution in [0.1, 0.15) is 41.5 Å². The van der Waals surface area contributed by atoms with E-state index in [1.807, 2.05) is 48.5 Å². The molecule has 0 spiro atoms. The third-order valence-corrected chi connectivity index (χ3v) is 6.46. The predicted molar refractivity (Wildman–Crippen MR) is 125 cm³/mol. The summed E-state index contributed by atoms with van der Waals surface area (Å²) < 4.78 is 44.9. The molecular formula is C27H23F3N2O2. The lowest BCUT2D eigenvalue weighted by atomic mass is 9.78. The second-order valence-corrected chi connectivity index (χ2v) is 8.53. The molecule has 0 amide bonds. The van der Waals surface area contributed by atoms with Crippen molar-refractivity contribution in [1.29, 1.82) is 0 Å². The molecule has 1 aliphatic carbocycles. The van der Waals surface area contributed by atoms with E-state index >= 15 is 0 Å². The Bertz CT molecular complexity index is 1270. The van der Waals surface area contributed by atoms with Crippen molar-refractivity contribution in [3.63, 3.8) is 0 Å². The summed E-state index contributed by atoms with van der Waals surface area (Å²) in [5.74, 6) is 0.610. The van der Waals surface area contributed by atoms with Crippen LogP contribution in [0.2, 0.25) is 0 Å². The Morgan fingerprint density at radius 1 is 0.882 bits per heavy atom. The second kappa shape index (κ2) is 8.56. The van der Waals surface area contributed by atoms with Crippen LogP contribution in [0.15, 0.2) is 84.1 Å². The molecule has 34 heavy (non-hydrogen) atoms. The third-order valence-electron chi connectivity index (χ3n) is 6.46. The second-order valence-electron chi connectivity index (χ2n) is 8.53. The molecule has 0 bridgehead atoms. The van der Waals surface area contributed by atoms with Crippen LogP contribution in [-0.4, -0.2) is 12.9 Å². The number of hydrogen-bond donors (Lipinski definition) is 2. The molecule has 1 heterocycles. The monoisotopic (exact) mass is 464 g/mol. The van der Waals surface area contributed by atoms with Crippen molar-refractivity contribution in [1.82, 2.24) is 0 Å². The molecule has 3 aromatic rings. The van der Waals surface area contributed by atoms with E-state index in [1.165, 1.54) is 12.1 Å². The van der Waals surface area contributed by atoms with Gasteiger partial charge in [0.15, 0.2) is 5.78 Å². The van der Waals surface area contributed by atoms with Crippen molar-refractivity contribution in [3.8, 4) is 5.75 Å². The topological polar surface area (TPSA) is 50.4 Å². The first-order valence-corrected chi connectivity index (χ1v) is 11.0. The molecule has 7 heteroatoms. The van der Waals surface area contributed by atoms with Crippen LogP contribution < -0.4 is 15.4 Å². The van der Waals surface area contributed by atoms with Crippen molar-refractivity contribution >= 4 is 17.2 Å². The Kier molecular flexibility index (Phi) is 5.55. The van der Waals surface area contributed by atoms with Crippen LogP contribution in [0.3, 0.4) is 0 Å². The molecule has 174 valence electrons. The average molecular weight is 464 g/mol. The summed E-state index contributed by atoms with van der Waals surface area (Å²) in [5, 5.41) is 6.83. The number of rotatable bonds is 3. The molecule has 0 saturated heterocycles. The Morgan fingerprint density at radius 2 is 1.56 bits per heavy atom. The Morgan fingerprint density at radius 3 is 2.26 bits per heavy atom. The molecule has 4 nitrogen and oxygen atoms in total. The van der Waals surface area contributed by atoms with Crippen molar-refractivity contribution in [2.24, 2.45) is 0 Å². The number of carbonyl (C=O) groups excluding carboxylic acids is 1. The number of carbonyl (C=O) groups is 1. The zero-order valence-corrected chi connectivity index (χ0v) is 18.4. The van der Waals surface area contributed by atoms with Crippen molar-refractivity contribution in [2.75, 3.05) is 17.7 Å². The number of methoxy groups -OCH3 is 1. The fourth-order valence-corrected chi connectivity index (χ4v) is 4.83. The maximum absolute atomic E-state index is 13.6. The number of alkyl halides is 3. The highest BCUT2D eigenvalue weighted by Crippen LogP contribution is 2.45. The van der Waals surface area contributed by atoms with Gasteiger partial charge in [0.1, 0.15) is 5.75 Å². The number of nitrogens with one attached hydrogen (secondary N) is 2. The predicted octanol–water partition coefficient (Wildman–Crippen LogP) is 6.69. The minimum Gasteiger partial charge on any atom is -0.496 e. The van der Waals surface area contributed by atoms with Gasteiger partial charge in [-0.2, -0.15) is 13.2 Å². The van der Waals surface area contributed by atoms with E-state index in [1.54, 1.807) is 7.11 Å². The van der Waals surface area contributed by atoms with Gasteiger partial charge in [-0.05, 0) is 47.9 Å². The standard InChI is InChI=1S/C27H23F3N2O2/c1-34-24-9-5-2-6-19(24)17-14-22-25(23(33)15-17)26(32-21-8-4-3-7-20(21)31-22)16-10-12-18(13-11-16)27(28,29)30/h2-13,17,26,31-32H,14-15H2,1H3. The first-order chi connectivity index (χ1) is 16.3. The zero-order chi connectivity index (χ0) is 23.9. The van der Waals surface area contributed by atoms with Crippen molar-refractivity contribution in [2.45, 2.75) is 31.0 Å². The van der Waals surface area contributed by atoms with E-state index in [4.69, 9.17) is 4.74 Å². The number of fused-ring (bicyclic) bond motifs is 1. The highest BCUT2D eigenvalue weighted by atomic mass is 19.4.